The second kappa shape index (κ2) is 278. The Morgan fingerprint density at radius 3 is 0.455 bits per heavy atom. The SMILES string of the molecule is O.O.O.O.O.O.[AlH2].[AlH2].[AlH].[Al].[Mn]. The van der Waals surface area contributed by atoms with Gasteiger partial charge >= 0.3 is 0 Å². The molecule has 0 rings (SSSR count). The van der Waals surface area contributed by atoms with Crippen LogP contribution in [0, 0.1) is 0 Å². The van der Waals surface area contributed by atoms with E-state index in [9.17, 15) is 0 Å². The third-order valence-electron chi connectivity index (χ3n) is 0. The van der Waals surface area contributed by atoms with Gasteiger partial charge in [0.25, 0.3) is 0 Å². The Balaban J connectivity index is 0. The molecule has 0 aromatic carbocycles. The van der Waals surface area contributed by atoms with E-state index in [1.807, 2.05) is 0 Å². The molecule has 12 N–H and O–H groups in total. The molecule has 0 aromatic rings. The van der Waals surface area contributed by atoms with Gasteiger partial charge in [0.15, 0.2) is 0 Å². The molecule has 0 fully saturated rings. The maximum Gasteiger partial charge on any atom is 0.146 e. The monoisotopic (exact) mass is 276 g/mol. The zero-order valence-electron chi connectivity index (χ0n) is 6.66. The van der Waals surface area contributed by atoms with E-state index >= 15 is 0 Å². The fourth-order valence-corrected chi connectivity index (χ4v) is 0. The van der Waals surface area contributed by atoms with Crippen molar-refractivity contribution in [2.45, 2.75) is 0 Å². The van der Waals surface area contributed by atoms with Gasteiger partial charge in [-0.15, -0.1) is 0 Å². The van der Waals surface area contributed by atoms with Gasteiger partial charge in [0.2, 0.25) is 0 Å². The van der Waals surface area contributed by atoms with Gasteiger partial charge in [-0.2, -0.15) is 0 Å². The van der Waals surface area contributed by atoms with Crippen molar-refractivity contribution in [3.63, 3.8) is 0 Å². The predicted octanol–water partition coefficient (Wildman–Crippen LogP) is -7.81. The van der Waals surface area contributed by atoms with E-state index < -0.39 is 0 Å². The van der Waals surface area contributed by atoms with Crippen LogP contribution in [0.3, 0.4) is 0 Å². The first-order valence-corrected chi connectivity index (χ1v) is 0. The van der Waals surface area contributed by atoms with Gasteiger partial charge in [0.05, 0.1) is 17.4 Å². The molecule has 0 aromatic heterocycles. The Bertz CT molecular complexity index is 14.5. The van der Waals surface area contributed by atoms with Crippen LogP contribution in [0.2, 0.25) is 0 Å². The summed E-state index contributed by atoms with van der Waals surface area (Å²) in [5.74, 6) is 0. The molecule has 0 bridgehead atoms. The third kappa shape index (κ3) is 232. The largest absolute Gasteiger partial charge is 0.412 e. The minimum absolute atomic E-state index is 0. The van der Waals surface area contributed by atoms with Gasteiger partial charge in [0.1, 0.15) is 34.7 Å². The van der Waals surface area contributed by atoms with Gasteiger partial charge in [-0.25, -0.2) is 0 Å². The molecule has 6 nitrogen and oxygen atoms in total. The summed E-state index contributed by atoms with van der Waals surface area (Å²) in [7, 11) is 0. The molecule has 11 heavy (non-hydrogen) atoms. The summed E-state index contributed by atoms with van der Waals surface area (Å²) in [6, 6.07) is 0. The van der Waals surface area contributed by atoms with Crippen molar-refractivity contribution in [2.75, 3.05) is 0 Å². The van der Waals surface area contributed by atoms with Gasteiger partial charge in [-0.05, 0) is 0 Å². The van der Waals surface area contributed by atoms with Gasteiger partial charge < -0.3 is 32.9 Å². The molecule has 0 aliphatic heterocycles. The van der Waals surface area contributed by atoms with Crippen LogP contribution < -0.4 is 0 Å². The molecule has 0 saturated heterocycles. The standard InChI is InChI=1S/4Al.Mn.6H2O.5H/h;;;;;6*1H2;;;;;. The first kappa shape index (κ1) is 356. The zero-order valence-corrected chi connectivity index (χ0v) is 14.4. The van der Waals surface area contributed by atoms with Crippen molar-refractivity contribution < 1.29 is 49.9 Å². The van der Waals surface area contributed by atoms with Crippen molar-refractivity contribution in [3.8, 4) is 0 Å². The predicted molar refractivity (Wildman–Crippen MR) is 51.7 cm³/mol. The third-order valence-corrected chi connectivity index (χ3v) is 0. The van der Waals surface area contributed by atoms with Crippen LogP contribution in [-0.2, 0) is 17.1 Å². The van der Waals surface area contributed by atoms with Crippen LogP contribution in [0.4, 0.5) is 0 Å². The fourth-order valence-electron chi connectivity index (χ4n) is 0. The van der Waals surface area contributed by atoms with Crippen LogP contribution in [0.5, 0.6) is 0 Å². The molecule has 0 heterocycles. The summed E-state index contributed by atoms with van der Waals surface area (Å²) in [6.45, 7) is 0. The van der Waals surface area contributed by atoms with Crippen molar-refractivity contribution in [3.05, 3.63) is 0 Å². The van der Waals surface area contributed by atoms with Crippen LogP contribution in [0.1, 0.15) is 0 Å². The van der Waals surface area contributed by atoms with Crippen molar-refractivity contribution in [2.24, 2.45) is 0 Å². The molecule has 0 saturated carbocycles. The maximum absolute atomic E-state index is 0. The Morgan fingerprint density at radius 2 is 0.455 bits per heavy atom. The Labute approximate surface area is 118 Å². The first-order valence-electron chi connectivity index (χ1n) is 0. The molecule has 8 radical (unpaired) electrons. The van der Waals surface area contributed by atoms with Crippen LogP contribution in [-0.4, -0.2) is 102 Å². The van der Waals surface area contributed by atoms with Gasteiger partial charge in [0, 0.05) is 34.4 Å². The van der Waals surface area contributed by atoms with Gasteiger partial charge in [-0.3, -0.25) is 0 Å². The molecule has 0 spiro atoms. The molecule has 0 aliphatic carbocycles. The van der Waals surface area contributed by atoms with E-state index in [0.717, 1.165) is 0 Å². The van der Waals surface area contributed by atoms with Crippen LogP contribution in [0.25, 0.3) is 0 Å². The van der Waals surface area contributed by atoms with Crippen LogP contribution in [0.15, 0.2) is 0 Å². The average molecular weight is 276 g/mol. The molecule has 0 atom stereocenters. The normalized spacial score (nSPS) is 0. The Kier molecular flexibility index (Phi) is 9000. The van der Waals surface area contributed by atoms with E-state index in [-0.39, 0.29) is 119 Å². The topological polar surface area (TPSA) is 189 Å². The second-order valence-corrected chi connectivity index (χ2v) is 0. The minimum atomic E-state index is 0. The molecule has 72 valence electrons. The van der Waals surface area contributed by atoms with E-state index in [0.29, 0.717) is 0 Å². The molecule has 0 unspecified atom stereocenters. The quantitative estimate of drug-likeness (QED) is 0.380. The fraction of sp³-hybridized carbons (Fsp3) is 0. The van der Waals surface area contributed by atoms with E-state index in [4.69, 9.17) is 0 Å². The number of hydrogen-bond donors (Lipinski definition) is 0. The summed E-state index contributed by atoms with van der Waals surface area (Å²) in [5.41, 5.74) is 0. The van der Waals surface area contributed by atoms with Crippen LogP contribution >= 0.6 is 0 Å². The number of hydrogen-bond acceptors (Lipinski definition) is 0. The summed E-state index contributed by atoms with van der Waals surface area (Å²) in [5, 5.41) is 0. The smallest absolute Gasteiger partial charge is 0.146 e. The minimum Gasteiger partial charge on any atom is -0.412 e. The average Bonchev–Trinajstić information content (AvgIpc) is 0. The van der Waals surface area contributed by atoms with E-state index in [1.54, 1.807) is 0 Å². The molecule has 11 heteroatoms. The summed E-state index contributed by atoms with van der Waals surface area (Å²) in [4.78, 5) is 0. The first-order chi connectivity index (χ1) is 0. The van der Waals surface area contributed by atoms with Crippen molar-refractivity contribution in [1.29, 1.82) is 0 Å². The van der Waals surface area contributed by atoms with Gasteiger partial charge in [-0.1, -0.05) is 0 Å². The second-order valence-electron chi connectivity index (χ2n) is 0. The van der Waals surface area contributed by atoms with Crippen molar-refractivity contribution >= 4 is 69.4 Å². The Morgan fingerprint density at radius 1 is 0.455 bits per heavy atom. The molecule has 0 aliphatic rings. The molecule has 0 amide bonds. The molecular weight excluding hydrogens is 259 g/mol. The Hall–Kier alpha value is 2.41. The van der Waals surface area contributed by atoms with E-state index in [1.165, 1.54) is 0 Å². The number of rotatable bonds is 0. The summed E-state index contributed by atoms with van der Waals surface area (Å²) >= 11 is 0. The zero-order chi connectivity index (χ0) is 0. The van der Waals surface area contributed by atoms with Crippen molar-refractivity contribution in [1.82, 2.24) is 0 Å². The maximum atomic E-state index is 0. The molecular formula is H17Al4MnO6. The summed E-state index contributed by atoms with van der Waals surface area (Å²) < 4.78 is 0. The summed E-state index contributed by atoms with van der Waals surface area (Å²) in [6.07, 6.45) is 0. The van der Waals surface area contributed by atoms with E-state index in [2.05, 4.69) is 0 Å².